The van der Waals surface area contributed by atoms with E-state index in [1.165, 1.54) is 0 Å². The van der Waals surface area contributed by atoms with Crippen molar-refractivity contribution in [2.45, 2.75) is 6.04 Å². The minimum absolute atomic E-state index is 0.110. The Morgan fingerprint density at radius 1 is 0.971 bits per heavy atom. The van der Waals surface area contributed by atoms with E-state index in [-0.39, 0.29) is 11.3 Å². The van der Waals surface area contributed by atoms with E-state index in [2.05, 4.69) is 4.90 Å². The molecule has 0 aliphatic carbocycles. The predicted octanol–water partition coefficient (Wildman–Crippen LogP) is 3.60. The molecule has 2 saturated heterocycles. The number of ether oxygens (including phenoxy) is 2. The summed E-state index contributed by atoms with van der Waals surface area (Å²) in [6.45, 7) is 3.88. The third-order valence-corrected chi connectivity index (χ3v) is 6.78. The molecule has 2 heterocycles. The van der Waals surface area contributed by atoms with E-state index in [0.29, 0.717) is 37.6 Å². The number of carbonyl (C=O) groups is 2. The van der Waals surface area contributed by atoms with Crippen LogP contribution in [0.2, 0.25) is 0 Å². The van der Waals surface area contributed by atoms with Gasteiger partial charge in [0, 0.05) is 31.7 Å². The van der Waals surface area contributed by atoms with Crippen LogP contribution in [0.5, 0.6) is 5.75 Å². The Balaban J connectivity index is 1.61. The fraction of sp³-hybridized carbons (Fsp3) is 0.286. The molecule has 2 aliphatic rings. The van der Waals surface area contributed by atoms with Crippen molar-refractivity contribution in [3.8, 4) is 5.75 Å². The van der Waals surface area contributed by atoms with Crippen molar-refractivity contribution in [3.05, 3.63) is 83.4 Å². The lowest BCUT2D eigenvalue weighted by Gasteiger charge is -2.31. The zero-order chi connectivity index (χ0) is 24.4. The zero-order valence-corrected chi connectivity index (χ0v) is 19.6. The molecule has 0 radical (unpaired) electrons. The number of benzene rings is 3. The first-order valence-electron chi connectivity index (χ1n) is 11.8. The molecule has 0 spiro atoms. The van der Waals surface area contributed by atoms with Crippen molar-refractivity contribution in [2.24, 2.45) is 0 Å². The molecule has 35 heavy (non-hydrogen) atoms. The molecule has 2 aliphatic heterocycles. The standard InChI is InChI=1S/C28H28N2O5/c1-34-21-11-9-20(10-12-21)26(31)24-25(23-8-4-6-19-5-2-3-7-22(19)23)30(28(33)27(24)32)14-13-29-15-17-35-18-16-29/h2-12,25,31H,13-18H2,1H3/t25-/m0/s1. The van der Waals surface area contributed by atoms with Gasteiger partial charge in [-0.3, -0.25) is 14.5 Å². The van der Waals surface area contributed by atoms with E-state index in [9.17, 15) is 14.7 Å². The molecule has 0 saturated carbocycles. The van der Waals surface area contributed by atoms with Gasteiger partial charge in [-0.25, -0.2) is 0 Å². The molecule has 0 bridgehead atoms. The Morgan fingerprint density at radius 3 is 2.43 bits per heavy atom. The van der Waals surface area contributed by atoms with E-state index < -0.39 is 17.7 Å². The van der Waals surface area contributed by atoms with Gasteiger partial charge in [-0.2, -0.15) is 0 Å². The highest BCUT2D eigenvalue weighted by Crippen LogP contribution is 2.41. The number of Topliss-reactive ketones (excluding diaryl/α,β-unsaturated/α-hetero) is 1. The van der Waals surface area contributed by atoms with Gasteiger partial charge in [0.25, 0.3) is 11.7 Å². The average Bonchev–Trinajstić information content (AvgIpc) is 3.16. The number of aliphatic hydroxyl groups is 1. The van der Waals surface area contributed by atoms with Crippen LogP contribution in [0.3, 0.4) is 0 Å². The van der Waals surface area contributed by atoms with Crippen LogP contribution in [0.15, 0.2) is 72.3 Å². The smallest absolute Gasteiger partial charge is 0.295 e. The van der Waals surface area contributed by atoms with Crippen molar-refractivity contribution < 1.29 is 24.2 Å². The number of morpholine rings is 1. The molecule has 1 amide bonds. The van der Waals surface area contributed by atoms with Crippen LogP contribution in [-0.4, -0.2) is 73.1 Å². The molecular formula is C28H28N2O5. The Hall–Kier alpha value is -3.68. The maximum atomic E-state index is 13.4. The number of likely N-dealkylation sites (tertiary alicyclic amines) is 1. The summed E-state index contributed by atoms with van der Waals surface area (Å²) in [5.74, 6) is -0.805. The first-order valence-corrected chi connectivity index (χ1v) is 11.8. The van der Waals surface area contributed by atoms with Gasteiger partial charge in [-0.05, 0) is 40.6 Å². The third-order valence-electron chi connectivity index (χ3n) is 6.78. The molecule has 3 aromatic rings. The summed E-state index contributed by atoms with van der Waals surface area (Å²) in [6.07, 6.45) is 0. The minimum atomic E-state index is -0.691. The molecule has 7 nitrogen and oxygen atoms in total. The second kappa shape index (κ2) is 9.90. The number of carbonyl (C=O) groups excluding carboxylic acids is 2. The quantitative estimate of drug-likeness (QED) is 0.336. The number of hydrogen-bond donors (Lipinski definition) is 1. The van der Waals surface area contributed by atoms with Crippen LogP contribution in [0, 0.1) is 0 Å². The summed E-state index contributed by atoms with van der Waals surface area (Å²) >= 11 is 0. The lowest BCUT2D eigenvalue weighted by Crippen LogP contribution is -2.42. The zero-order valence-electron chi connectivity index (χ0n) is 19.6. The van der Waals surface area contributed by atoms with Gasteiger partial charge in [-0.1, -0.05) is 42.5 Å². The summed E-state index contributed by atoms with van der Waals surface area (Å²) in [7, 11) is 1.56. The summed E-state index contributed by atoms with van der Waals surface area (Å²) in [6, 6.07) is 19.9. The van der Waals surface area contributed by atoms with Crippen LogP contribution in [0.4, 0.5) is 0 Å². The van der Waals surface area contributed by atoms with Crippen LogP contribution in [0.25, 0.3) is 16.5 Å². The van der Waals surface area contributed by atoms with Crippen molar-refractivity contribution in [1.29, 1.82) is 0 Å². The maximum Gasteiger partial charge on any atom is 0.295 e. The van der Waals surface area contributed by atoms with Crippen LogP contribution in [-0.2, 0) is 14.3 Å². The summed E-state index contributed by atoms with van der Waals surface area (Å²) in [5, 5.41) is 13.3. The third kappa shape index (κ3) is 4.40. The van der Waals surface area contributed by atoms with Crippen LogP contribution < -0.4 is 4.74 Å². The van der Waals surface area contributed by atoms with Gasteiger partial charge in [0.15, 0.2) is 0 Å². The van der Waals surface area contributed by atoms with Crippen LogP contribution in [0.1, 0.15) is 17.2 Å². The maximum absolute atomic E-state index is 13.4. The van der Waals surface area contributed by atoms with E-state index in [4.69, 9.17) is 9.47 Å². The number of methoxy groups -OCH3 is 1. The first-order chi connectivity index (χ1) is 17.1. The van der Waals surface area contributed by atoms with Gasteiger partial charge >= 0.3 is 0 Å². The second-order valence-corrected chi connectivity index (χ2v) is 8.74. The molecule has 1 atom stereocenters. The molecular weight excluding hydrogens is 444 g/mol. The number of ketones is 1. The molecule has 0 aromatic heterocycles. The van der Waals surface area contributed by atoms with Gasteiger partial charge < -0.3 is 19.5 Å². The number of nitrogens with zero attached hydrogens (tertiary/aromatic N) is 2. The number of aliphatic hydroxyl groups excluding tert-OH is 1. The van der Waals surface area contributed by atoms with Crippen molar-refractivity contribution in [1.82, 2.24) is 9.80 Å². The Bertz CT molecular complexity index is 1270. The highest BCUT2D eigenvalue weighted by atomic mass is 16.5. The van der Waals surface area contributed by atoms with Gasteiger partial charge in [0.1, 0.15) is 11.5 Å². The van der Waals surface area contributed by atoms with E-state index in [1.807, 2.05) is 42.5 Å². The largest absolute Gasteiger partial charge is 0.507 e. The molecule has 1 N–H and O–H groups in total. The second-order valence-electron chi connectivity index (χ2n) is 8.74. The first kappa shape index (κ1) is 23.1. The Kier molecular flexibility index (Phi) is 6.53. The molecule has 7 heteroatoms. The minimum Gasteiger partial charge on any atom is -0.507 e. The lowest BCUT2D eigenvalue weighted by molar-refractivity contribution is -0.140. The van der Waals surface area contributed by atoms with Gasteiger partial charge in [0.05, 0.1) is 31.9 Å². The normalized spacial score (nSPS) is 20.5. The summed E-state index contributed by atoms with van der Waals surface area (Å²) in [4.78, 5) is 30.5. The molecule has 5 rings (SSSR count). The van der Waals surface area contributed by atoms with Crippen molar-refractivity contribution in [3.63, 3.8) is 0 Å². The number of fused-ring (bicyclic) bond motifs is 1. The van der Waals surface area contributed by atoms with Crippen molar-refractivity contribution >= 4 is 28.2 Å². The summed E-state index contributed by atoms with van der Waals surface area (Å²) in [5.41, 5.74) is 1.39. The van der Waals surface area contributed by atoms with E-state index in [1.54, 1.807) is 36.3 Å². The van der Waals surface area contributed by atoms with Crippen LogP contribution >= 0.6 is 0 Å². The highest BCUT2D eigenvalue weighted by molar-refractivity contribution is 6.46. The Labute approximate surface area is 204 Å². The topological polar surface area (TPSA) is 79.3 Å². The van der Waals surface area contributed by atoms with Gasteiger partial charge in [-0.15, -0.1) is 0 Å². The molecule has 3 aromatic carbocycles. The SMILES string of the molecule is COc1ccc(C(O)=C2C(=O)C(=O)N(CCN3CCOCC3)[C@H]2c2cccc3ccccc23)cc1. The fourth-order valence-electron chi connectivity index (χ4n) is 4.90. The monoisotopic (exact) mass is 472 g/mol. The number of amides is 1. The molecule has 180 valence electrons. The van der Waals surface area contributed by atoms with E-state index in [0.717, 1.165) is 29.4 Å². The number of rotatable bonds is 6. The average molecular weight is 473 g/mol. The summed E-state index contributed by atoms with van der Waals surface area (Å²) < 4.78 is 10.7. The highest BCUT2D eigenvalue weighted by Gasteiger charge is 2.46. The Morgan fingerprint density at radius 2 is 1.69 bits per heavy atom. The molecule has 0 unspecified atom stereocenters. The lowest BCUT2D eigenvalue weighted by atomic mass is 9.91. The molecule has 2 fully saturated rings. The van der Waals surface area contributed by atoms with Crippen molar-refractivity contribution in [2.75, 3.05) is 46.5 Å². The fourth-order valence-corrected chi connectivity index (χ4v) is 4.90. The number of hydrogen-bond acceptors (Lipinski definition) is 6. The van der Waals surface area contributed by atoms with E-state index >= 15 is 0 Å². The predicted molar refractivity (Wildman–Crippen MR) is 133 cm³/mol. The van der Waals surface area contributed by atoms with Gasteiger partial charge in [0.2, 0.25) is 0 Å².